The Labute approximate surface area is 91.1 Å². The largest absolute Gasteiger partial charge is 0.366 e. The number of hydrogen-bond donors (Lipinski definition) is 2. The van der Waals surface area contributed by atoms with E-state index in [2.05, 4.69) is 15.4 Å². The van der Waals surface area contributed by atoms with Gasteiger partial charge in [-0.15, -0.1) is 5.10 Å². The average molecular weight is 211 g/mol. The standard InChI is InChI=1S/C8H15N5.C2H6/c1-2-13-8(11-7(9)12-13)10-5-6-3-4-6;1-2/h6H,2-5H2,1H3,(H3,9,10,11,12);1-2H3. The Morgan fingerprint density at radius 2 is 2.13 bits per heavy atom. The van der Waals surface area contributed by atoms with Crippen LogP contribution in [0.2, 0.25) is 0 Å². The maximum Gasteiger partial charge on any atom is 0.241 e. The maximum atomic E-state index is 5.49. The van der Waals surface area contributed by atoms with Crippen LogP contribution in [0.3, 0.4) is 0 Å². The van der Waals surface area contributed by atoms with Gasteiger partial charge in [0.2, 0.25) is 11.9 Å². The van der Waals surface area contributed by atoms with Gasteiger partial charge >= 0.3 is 0 Å². The first-order valence-electron chi connectivity index (χ1n) is 5.73. The van der Waals surface area contributed by atoms with Gasteiger partial charge in [-0.25, -0.2) is 4.68 Å². The molecule has 0 radical (unpaired) electrons. The monoisotopic (exact) mass is 211 g/mol. The normalized spacial score (nSPS) is 14.3. The number of hydrogen-bond acceptors (Lipinski definition) is 4. The lowest BCUT2D eigenvalue weighted by molar-refractivity contribution is 0.662. The molecule has 0 unspecified atom stereocenters. The second-order valence-corrected chi connectivity index (χ2v) is 3.43. The van der Waals surface area contributed by atoms with Gasteiger partial charge in [0, 0.05) is 13.1 Å². The Bertz CT molecular complexity index is 290. The van der Waals surface area contributed by atoms with Crippen LogP contribution in [0, 0.1) is 5.92 Å². The molecule has 1 aliphatic rings. The summed E-state index contributed by atoms with van der Waals surface area (Å²) in [7, 11) is 0. The zero-order valence-corrected chi connectivity index (χ0v) is 9.82. The first-order chi connectivity index (χ1) is 7.29. The summed E-state index contributed by atoms with van der Waals surface area (Å²) in [6, 6.07) is 0. The van der Waals surface area contributed by atoms with Crippen LogP contribution < -0.4 is 11.1 Å². The van der Waals surface area contributed by atoms with Crippen molar-refractivity contribution in [2.45, 2.75) is 40.2 Å². The topological polar surface area (TPSA) is 68.8 Å². The van der Waals surface area contributed by atoms with Crippen LogP contribution in [-0.2, 0) is 6.54 Å². The SMILES string of the molecule is CC.CCn1nc(N)nc1NCC1CC1. The lowest BCUT2D eigenvalue weighted by Gasteiger charge is -2.03. The number of nitrogens with two attached hydrogens (primary N) is 1. The number of nitrogen functional groups attached to an aromatic ring is 1. The third kappa shape index (κ3) is 3.42. The zero-order valence-electron chi connectivity index (χ0n) is 9.82. The van der Waals surface area contributed by atoms with Crippen molar-refractivity contribution in [3.8, 4) is 0 Å². The van der Waals surface area contributed by atoms with Gasteiger partial charge in [0.25, 0.3) is 0 Å². The predicted molar refractivity (Wildman–Crippen MR) is 62.7 cm³/mol. The van der Waals surface area contributed by atoms with Crippen molar-refractivity contribution in [2.24, 2.45) is 5.92 Å². The molecule has 5 nitrogen and oxygen atoms in total. The summed E-state index contributed by atoms with van der Waals surface area (Å²) in [6.07, 6.45) is 2.67. The number of rotatable bonds is 4. The van der Waals surface area contributed by atoms with Crippen LogP contribution in [-0.4, -0.2) is 21.3 Å². The molecule has 0 aliphatic heterocycles. The molecule has 15 heavy (non-hydrogen) atoms. The highest BCUT2D eigenvalue weighted by molar-refractivity contribution is 5.31. The summed E-state index contributed by atoms with van der Waals surface area (Å²) < 4.78 is 1.79. The second-order valence-electron chi connectivity index (χ2n) is 3.43. The van der Waals surface area contributed by atoms with Gasteiger partial charge in [0.15, 0.2) is 0 Å². The van der Waals surface area contributed by atoms with Gasteiger partial charge in [-0.3, -0.25) is 0 Å². The minimum absolute atomic E-state index is 0.347. The van der Waals surface area contributed by atoms with Crippen LogP contribution in [0.4, 0.5) is 11.9 Å². The fourth-order valence-corrected chi connectivity index (χ4v) is 1.27. The molecule has 1 aliphatic carbocycles. The summed E-state index contributed by atoms with van der Waals surface area (Å²) in [4.78, 5) is 4.10. The Morgan fingerprint density at radius 1 is 1.47 bits per heavy atom. The molecule has 0 spiro atoms. The van der Waals surface area contributed by atoms with E-state index in [9.17, 15) is 0 Å². The third-order valence-corrected chi connectivity index (χ3v) is 2.23. The van der Waals surface area contributed by atoms with Gasteiger partial charge in [0.05, 0.1) is 0 Å². The van der Waals surface area contributed by atoms with Gasteiger partial charge in [-0.2, -0.15) is 4.98 Å². The van der Waals surface area contributed by atoms with E-state index >= 15 is 0 Å². The minimum atomic E-state index is 0.347. The lowest BCUT2D eigenvalue weighted by Crippen LogP contribution is -2.10. The summed E-state index contributed by atoms with van der Waals surface area (Å²) >= 11 is 0. The van der Waals surface area contributed by atoms with Crippen LogP contribution in [0.25, 0.3) is 0 Å². The molecule has 86 valence electrons. The Morgan fingerprint density at radius 3 is 2.67 bits per heavy atom. The zero-order chi connectivity index (χ0) is 11.3. The third-order valence-electron chi connectivity index (χ3n) is 2.23. The fourth-order valence-electron chi connectivity index (χ4n) is 1.27. The molecule has 0 aromatic carbocycles. The Hall–Kier alpha value is -1.26. The quantitative estimate of drug-likeness (QED) is 0.795. The van der Waals surface area contributed by atoms with E-state index in [0.717, 1.165) is 25.0 Å². The highest BCUT2D eigenvalue weighted by Gasteiger charge is 2.21. The first-order valence-corrected chi connectivity index (χ1v) is 5.73. The van der Waals surface area contributed by atoms with Crippen molar-refractivity contribution >= 4 is 11.9 Å². The molecule has 1 heterocycles. The number of nitrogens with one attached hydrogen (secondary N) is 1. The molecule has 1 fully saturated rings. The van der Waals surface area contributed by atoms with E-state index in [1.54, 1.807) is 4.68 Å². The Balaban J connectivity index is 0.000000531. The van der Waals surface area contributed by atoms with E-state index in [-0.39, 0.29) is 0 Å². The van der Waals surface area contributed by atoms with Crippen molar-refractivity contribution < 1.29 is 0 Å². The molecule has 1 aromatic rings. The second kappa shape index (κ2) is 5.58. The highest BCUT2D eigenvalue weighted by Crippen LogP contribution is 2.28. The minimum Gasteiger partial charge on any atom is -0.366 e. The van der Waals surface area contributed by atoms with Crippen molar-refractivity contribution in [1.29, 1.82) is 0 Å². The van der Waals surface area contributed by atoms with E-state index in [4.69, 9.17) is 5.73 Å². The molecule has 0 atom stereocenters. The van der Waals surface area contributed by atoms with E-state index in [1.165, 1.54) is 12.8 Å². The summed E-state index contributed by atoms with van der Waals surface area (Å²) in [5.41, 5.74) is 5.49. The molecule has 1 aromatic heterocycles. The van der Waals surface area contributed by atoms with Crippen LogP contribution in [0.5, 0.6) is 0 Å². The number of aryl methyl sites for hydroxylation is 1. The first kappa shape index (κ1) is 11.8. The lowest BCUT2D eigenvalue weighted by atomic mass is 10.4. The van der Waals surface area contributed by atoms with Gasteiger partial charge < -0.3 is 11.1 Å². The van der Waals surface area contributed by atoms with Crippen molar-refractivity contribution in [1.82, 2.24) is 14.8 Å². The number of anilines is 2. The summed E-state index contributed by atoms with van der Waals surface area (Å²) in [6.45, 7) is 7.83. The van der Waals surface area contributed by atoms with Crippen molar-refractivity contribution in [3.63, 3.8) is 0 Å². The fraction of sp³-hybridized carbons (Fsp3) is 0.800. The van der Waals surface area contributed by atoms with Gasteiger partial charge in [0.1, 0.15) is 0 Å². The van der Waals surface area contributed by atoms with Crippen molar-refractivity contribution in [2.75, 3.05) is 17.6 Å². The van der Waals surface area contributed by atoms with Crippen LogP contribution in [0.15, 0.2) is 0 Å². The van der Waals surface area contributed by atoms with Gasteiger partial charge in [-0.1, -0.05) is 13.8 Å². The molecule has 3 N–H and O–H groups in total. The molecule has 1 saturated carbocycles. The molecule has 0 saturated heterocycles. The average Bonchev–Trinajstić information content (AvgIpc) is 3.02. The Kier molecular flexibility index (Phi) is 4.39. The van der Waals surface area contributed by atoms with E-state index < -0.39 is 0 Å². The molecule has 2 rings (SSSR count). The van der Waals surface area contributed by atoms with E-state index in [0.29, 0.717) is 5.95 Å². The highest BCUT2D eigenvalue weighted by atomic mass is 15.4. The van der Waals surface area contributed by atoms with Crippen LogP contribution in [0.1, 0.15) is 33.6 Å². The molecular weight excluding hydrogens is 190 g/mol. The van der Waals surface area contributed by atoms with E-state index in [1.807, 2.05) is 20.8 Å². The van der Waals surface area contributed by atoms with Crippen molar-refractivity contribution in [3.05, 3.63) is 0 Å². The summed E-state index contributed by atoms with van der Waals surface area (Å²) in [5.74, 6) is 1.98. The maximum absolute atomic E-state index is 5.49. The predicted octanol–water partition coefficient (Wildman–Crippen LogP) is 1.73. The molecule has 0 bridgehead atoms. The smallest absolute Gasteiger partial charge is 0.241 e. The number of nitrogens with zero attached hydrogens (tertiary/aromatic N) is 3. The molecule has 5 heteroatoms. The molecular formula is C10H21N5. The number of aromatic nitrogens is 3. The van der Waals surface area contributed by atoms with Gasteiger partial charge in [-0.05, 0) is 25.7 Å². The summed E-state index contributed by atoms with van der Waals surface area (Å²) in [5, 5.41) is 7.30. The molecule has 0 amide bonds. The van der Waals surface area contributed by atoms with Crippen LogP contribution >= 0.6 is 0 Å².